The number of nitrogens with two attached hydrogens (primary N) is 1. The van der Waals surface area contributed by atoms with E-state index in [0.29, 0.717) is 5.56 Å². The van der Waals surface area contributed by atoms with Crippen LogP contribution in [-0.4, -0.2) is 24.5 Å². The number of rotatable bonds is 6. The van der Waals surface area contributed by atoms with Crippen LogP contribution in [0.25, 0.3) is 0 Å². The quantitative estimate of drug-likeness (QED) is 0.831. The van der Waals surface area contributed by atoms with E-state index in [9.17, 15) is 8.78 Å². The molecule has 0 fully saturated rings. The van der Waals surface area contributed by atoms with Crippen LogP contribution in [0.1, 0.15) is 31.9 Å². The van der Waals surface area contributed by atoms with Crippen LogP contribution in [0.15, 0.2) is 18.2 Å². The first-order valence-corrected chi connectivity index (χ1v) is 6.03. The molecule has 4 heteroatoms. The molecule has 1 aromatic carbocycles. The molecule has 1 aromatic rings. The van der Waals surface area contributed by atoms with Gasteiger partial charge in [-0.15, -0.1) is 0 Å². The fraction of sp³-hybridized carbons (Fsp3) is 0.538. The molecule has 0 spiro atoms. The van der Waals surface area contributed by atoms with Crippen molar-refractivity contribution in [3.05, 3.63) is 35.4 Å². The van der Waals surface area contributed by atoms with Gasteiger partial charge in [0.1, 0.15) is 0 Å². The first-order chi connectivity index (χ1) is 8.15. The lowest BCUT2D eigenvalue weighted by Crippen LogP contribution is -2.35. The van der Waals surface area contributed by atoms with Crippen molar-refractivity contribution in [3.63, 3.8) is 0 Å². The molecule has 0 aromatic heterocycles. The minimum Gasteiger partial charge on any atom is -0.329 e. The average Bonchev–Trinajstić information content (AvgIpc) is 2.34. The highest BCUT2D eigenvalue weighted by atomic mass is 19.2. The standard InChI is InChI=1S/C13H20F2N2/c1-3-8-17(4-2)12(9-16)10-6-5-7-11(14)13(10)15/h5-7,12H,3-4,8-9,16H2,1-2H3. The maximum Gasteiger partial charge on any atom is 0.163 e. The van der Waals surface area contributed by atoms with Gasteiger partial charge in [-0.2, -0.15) is 0 Å². The first kappa shape index (κ1) is 14.1. The van der Waals surface area contributed by atoms with Gasteiger partial charge in [0.15, 0.2) is 11.6 Å². The van der Waals surface area contributed by atoms with Crippen LogP contribution in [0, 0.1) is 11.6 Å². The Morgan fingerprint density at radius 3 is 2.53 bits per heavy atom. The van der Waals surface area contributed by atoms with Crippen molar-refractivity contribution < 1.29 is 8.78 Å². The lowest BCUT2D eigenvalue weighted by molar-refractivity contribution is 0.207. The summed E-state index contributed by atoms with van der Waals surface area (Å²) < 4.78 is 26.9. The summed E-state index contributed by atoms with van der Waals surface area (Å²) in [5.74, 6) is -1.59. The Labute approximate surface area is 101 Å². The van der Waals surface area contributed by atoms with Crippen molar-refractivity contribution in [3.8, 4) is 0 Å². The van der Waals surface area contributed by atoms with Crippen molar-refractivity contribution >= 4 is 0 Å². The predicted octanol–water partition coefficient (Wildman–Crippen LogP) is 2.70. The summed E-state index contributed by atoms with van der Waals surface area (Å²) in [6, 6.07) is 4.00. The molecule has 1 unspecified atom stereocenters. The molecule has 0 heterocycles. The fourth-order valence-electron chi connectivity index (χ4n) is 2.07. The van der Waals surface area contributed by atoms with Crippen molar-refractivity contribution in [2.24, 2.45) is 5.73 Å². The average molecular weight is 242 g/mol. The van der Waals surface area contributed by atoms with Gasteiger partial charge in [-0.05, 0) is 25.6 Å². The maximum absolute atomic E-state index is 13.7. The molecule has 0 bridgehead atoms. The van der Waals surface area contributed by atoms with Gasteiger partial charge >= 0.3 is 0 Å². The van der Waals surface area contributed by atoms with Crippen LogP contribution in [0.2, 0.25) is 0 Å². The van der Waals surface area contributed by atoms with Gasteiger partial charge in [0, 0.05) is 18.2 Å². The molecule has 0 aliphatic heterocycles. The summed E-state index contributed by atoms with van der Waals surface area (Å²) in [4.78, 5) is 2.07. The summed E-state index contributed by atoms with van der Waals surface area (Å²) >= 11 is 0. The minimum absolute atomic E-state index is 0.254. The third kappa shape index (κ3) is 3.23. The zero-order valence-corrected chi connectivity index (χ0v) is 10.4. The molecular weight excluding hydrogens is 222 g/mol. The third-order valence-electron chi connectivity index (χ3n) is 2.92. The van der Waals surface area contributed by atoms with Gasteiger partial charge in [0.25, 0.3) is 0 Å². The molecule has 0 amide bonds. The minimum atomic E-state index is -0.812. The molecule has 0 aliphatic carbocycles. The van der Waals surface area contributed by atoms with E-state index in [0.717, 1.165) is 25.6 Å². The number of hydrogen-bond acceptors (Lipinski definition) is 2. The SMILES string of the molecule is CCCN(CC)C(CN)c1cccc(F)c1F. The molecule has 0 saturated heterocycles. The lowest BCUT2D eigenvalue weighted by atomic mass is 10.0. The summed E-state index contributed by atoms with van der Waals surface area (Å²) in [7, 11) is 0. The van der Waals surface area contributed by atoms with Gasteiger partial charge in [-0.3, -0.25) is 4.90 Å². The Balaban J connectivity index is 3.03. The van der Waals surface area contributed by atoms with Gasteiger partial charge in [-0.25, -0.2) is 8.78 Å². The first-order valence-electron chi connectivity index (χ1n) is 6.03. The molecule has 1 rings (SSSR count). The molecule has 2 nitrogen and oxygen atoms in total. The van der Waals surface area contributed by atoms with E-state index in [-0.39, 0.29) is 12.6 Å². The summed E-state index contributed by atoms with van der Waals surface area (Å²) in [5, 5.41) is 0. The lowest BCUT2D eigenvalue weighted by Gasteiger charge is -2.30. The maximum atomic E-state index is 13.7. The van der Waals surface area contributed by atoms with E-state index in [4.69, 9.17) is 5.73 Å². The summed E-state index contributed by atoms with van der Waals surface area (Å²) in [6.07, 6.45) is 0.960. The van der Waals surface area contributed by atoms with E-state index in [1.807, 2.05) is 6.92 Å². The second-order valence-corrected chi connectivity index (χ2v) is 4.02. The van der Waals surface area contributed by atoms with Gasteiger partial charge in [0.05, 0.1) is 0 Å². The van der Waals surface area contributed by atoms with E-state index in [2.05, 4.69) is 11.8 Å². The predicted molar refractivity (Wildman–Crippen MR) is 65.7 cm³/mol. The van der Waals surface area contributed by atoms with Crippen LogP contribution in [0.3, 0.4) is 0 Å². The Kier molecular flexibility index (Phi) is 5.51. The molecule has 96 valence electrons. The summed E-state index contributed by atoms with van der Waals surface area (Å²) in [6.45, 7) is 5.93. The van der Waals surface area contributed by atoms with Crippen LogP contribution >= 0.6 is 0 Å². The van der Waals surface area contributed by atoms with Gasteiger partial charge < -0.3 is 5.73 Å². The molecule has 1 atom stereocenters. The fourth-order valence-corrected chi connectivity index (χ4v) is 2.07. The number of hydrogen-bond donors (Lipinski definition) is 1. The van der Waals surface area contributed by atoms with Crippen LogP contribution in [-0.2, 0) is 0 Å². The Hall–Kier alpha value is -1.00. The largest absolute Gasteiger partial charge is 0.329 e. The van der Waals surface area contributed by atoms with Crippen molar-refractivity contribution in [2.75, 3.05) is 19.6 Å². The normalized spacial score (nSPS) is 13.1. The second-order valence-electron chi connectivity index (χ2n) is 4.02. The zero-order chi connectivity index (χ0) is 12.8. The zero-order valence-electron chi connectivity index (χ0n) is 10.4. The van der Waals surface area contributed by atoms with E-state index in [1.54, 1.807) is 6.07 Å². The topological polar surface area (TPSA) is 29.3 Å². The molecule has 0 saturated carbocycles. The van der Waals surface area contributed by atoms with Crippen LogP contribution in [0.4, 0.5) is 8.78 Å². The number of benzene rings is 1. The van der Waals surface area contributed by atoms with Crippen molar-refractivity contribution in [1.82, 2.24) is 4.90 Å². The summed E-state index contributed by atoms with van der Waals surface area (Å²) in [5.41, 5.74) is 6.05. The Morgan fingerprint density at radius 1 is 1.29 bits per heavy atom. The monoisotopic (exact) mass is 242 g/mol. The van der Waals surface area contributed by atoms with E-state index in [1.165, 1.54) is 6.07 Å². The Bertz CT molecular complexity index is 355. The Morgan fingerprint density at radius 2 is 2.00 bits per heavy atom. The van der Waals surface area contributed by atoms with E-state index < -0.39 is 11.6 Å². The third-order valence-corrected chi connectivity index (χ3v) is 2.92. The van der Waals surface area contributed by atoms with Gasteiger partial charge in [-0.1, -0.05) is 26.0 Å². The number of halogens is 2. The molecular formula is C13H20F2N2. The highest BCUT2D eigenvalue weighted by Gasteiger charge is 2.21. The highest BCUT2D eigenvalue weighted by molar-refractivity contribution is 5.23. The van der Waals surface area contributed by atoms with Crippen molar-refractivity contribution in [1.29, 1.82) is 0 Å². The second kappa shape index (κ2) is 6.67. The smallest absolute Gasteiger partial charge is 0.163 e. The van der Waals surface area contributed by atoms with Gasteiger partial charge in [0.2, 0.25) is 0 Å². The molecule has 0 aliphatic rings. The highest BCUT2D eigenvalue weighted by Crippen LogP contribution is 2.24. The molecule has 2 N–H and O–H groups in total. The number of nitrogens with zero attached hydrogens (tertiary/aromatic N) is 1. The van der Waals surface area contributed by atoms with Crippen LogP contribution in [0.5, 0.6) is 0 Å². The number of likely N-dealkylation sites (N-methyl/N-ethyl adjacent to an activating group) is 1. The molecule has 0 radical (unpaired) electrons. The van der Waals surface area contributed by atoms with Crippen LogP contribution < -0.4 is 5.73 Å². The molecule has 17 heavy (non-hydrogen) atoms. The van der Waals surface area contributed by atoms with Crippen molar-refractivity contribution in [2.45, 2.75) is 26.3 Å². The van der Waals surface area contributed by atoms with E-state index >= 15 is 0 Å².